The Morgan fingerprint density at radius 2 is 2.30 bits per heavy atom. The molecule has 1 aromatic rings. The van der Waals surface area contributed by atoms with Crippen molar-refractivity contribution < 1.29 is 0 Å². The molecule has 0 fully saturated rings. The van der Waals surface area contributed by atoms with Crippen LogP contribution < -0.4 is 0 Å². The maximum absolute atomic E-state index is 3.90. The number of aromatic nitrogens is 4. The molecule has 2 atom stereocenters. The lowest BCUT2D eigenvalue weighted by molar-refractivity contribution is 0.403. The van der Waals surface area contributed by atoms with Crippen molar-refractivity contribution in [3.63, 3.8) is 0 Å². The molecule has 0 spiro atoms. The maximum Gasteiger partial charge on any atom is 0.151 e. The highest BCUT2D eigenvalue weighted by Crippen LogP contribution is 2.27. The van der Waals surface area contributed by atoms with E-state index in [0.29, 0.717) is 12.0 Å². The van der Waals surface area contributed by atoms with Crippen LogP contribution >= 0.6 is 0 Å². The lowest BCUT2D eigenvalue weighted by Gasteiger charge is -2.07. The maximum atomic E-state index is 3.90. The van der Waals surface area contributed by atoms with Crippen molar-refractivity contribution in [2.45, 2.75) is 26.3 Å². The summed E-state index contributed by atoms with van der Waals surface area (Å²) in [6.45, 7) is 4.36. The molecule has 0 saturated carbocycles. The van der Waals surface area contributed by atoms with Crippen molar-refractivity contribution in [3.8, 4) is 0 Å². The van der Waals surface area contributed by atoms with E-state index in [1.165, 1.54) is 0 Å². The molecule has 4 nitrogen and oxygen atoms in total. The highest BCUT2D eigenvalue weighted by atomic mass is 15.6. The molecule has 0 bridgehead atoms. The first-order valence-corrected chi connectivity index (χ1v) is 3.56. The Balaban J connectivity index is 2.43. The van der Waals surface area contributed by atoms with Crippen molar-refractivity contribution in [1.82, 2.24) is 20.2 Å². The highest BCUT2D eigenvalue weighted by molar-refractivity contribution is 4.94. The lowest BCUT2D eigenvalue weighted by atomic mass is 10.0. The molecule has 1 aliphatic heterocycles. The predicted molar refractivity (Wildman–Crippen MR) is 35.4 cm³/mol. The Morgan fingerprint density at radius 3 is 3.00 bits per heavy atom. The summed E-state index contributed by atoms with van der Waals surface area (Å²) in [5.41, 5.74) is 0. The summed E-state index contributed by atoms with van der Waals surface area (Å²) in [5.74, 6) is 1.69. The Hall–Kier alpha value is -0.930. The smallest absolute Gasteiger partial charge is 0.151 e. The van der Waals surface area contributed by atoms with Crippen molar-refractivity contribution in [1.29, 1.82) is 0 Å². The van der Waals surface area contributed by atoms with E-state index in [-0.39, 0.29) is 0 Å². The van der Waals surface area contributed by atoms with Crippen molar-refractivity contribution in [2.75, 3.05) is 0 Å². The van der Waals surface area contributed by atoms with E-state index in [9.17, 15) is 0 Å². The third-order valence-corrected chi connectivity index (χ3v) is 2.27. The van der Waals surface area contributed by atoms with E-state index < -0.39 is 0 Å². The molecule has 1 aliphatic rings. The minimum absolute atomic E-state index is 0.477. The summed E-state index contributed by atoms with van der Waals surface area (Å²) in [4.78, 5) is 0. The summed E-state index contributed by atoms with van der Waals surface area (Å²) in [5, 5.41) is 11.4. The number of nitrogens with zero attached hydrogens (tertiary/aromatic N) is 4. The monoisotopic (exact) mass is 138 g/mol. The van der Waals surface area contributed by atoms with Crippen LogP contribution in [0.2, 0.25) is 0 Å². The van der Waals surface area contributed by atoms with Crippen LogP contribution in [0, 0.1) is 5.92 Å². The van der Waals surface area contributed by atoms with Gasteiger partial charge in [0.15, 0.2) is 5.82 Å². The van der Waals surface area contributed by atoms with Crippen LogP contribution in [0.5, 0.6) is 0 Å². The third kappa shape index (κ3) is 0.587. The van der Waals surface area contributed by atoms with E-state index in [1.54, 1.807) is 0 Å². The first-order chi connectivity index (χ1) is 4.79. The van der Waals surface area contributed by atoms with Gasteiger partial charge in [-0.15, -0.1) is 5.10 Å². The van der Waals surface area contributed by atoms with Gasteiger partial charge in [0.05, 0.1) is 6.04 Å². The van der Waals surface area contributed by atoms with Crippen LogP contribution in [0.25, 0.3) is 0 Å². The summed E-state index contributed by atoms with van der Waals surface area (Å²) >= 11 is 0. The molecular formula is C6H10N4. The van der Waals surface area contributed by atoms with Crippen molar-refractivity contribution >= 4 is 0 Å². The molecule has 54 valence electrons. The topological polar surface area (TPSA) is 43.6 Å². The Morgan fingerprint density at radius 1 is 1.50 bits per heavy atom. The largest absolute Gasteiger partial charge is 0.227 e. The molecule has 0 N–H and O–H groups in total. The van der Waals surface area contributed by atoms with Gasteiger partial charge < -0.3 is 0 Å². The summed E-state index contributed by atoms with van der Waals surface area (Å²) in [7, 11) is 0. The average molecular weight is 138 g/mol. The van der Waals surface area contributed by atoms with Gasteiger partial charge in [0.2, 0.25) is 0 Å². The van der Waals surface area contributed by atoms with Crippen LogP contribution in [-0.4, -0.2) is 20.2 Å². The number of hydrogen-bond donors (Lipinski definition) is 0. The molecule has 1 aromatic heterocycles. The number of fused-ring (bicyclic) bond motifs is 1. The fourth-order valence-corrected chi connectivity index (χ4v) is 1.36. The Kier molecular flexibility index (Phi) is 1.03. The molecule has 0 radical (unpaired) electrons. The normalized spacial score (nSPS) is 30.6. The Labute approximate surface area is 59.2 Å². The quantitative estimate of drug-likeness (QED) is 0.522. The van der Waals surface area contributed by atoms with E-state index in [1.807, 2.05) is 4.68 Å². The third-order valence-electron chi connectivity index (χ3n) is 2.27. The number of rotatable bonds is 0. The highest BCUT2D eigenvalue weighted by Gasteiger charge is 2.27. The molecule has 0 unspecified atom stereocenters. The van der Waals surface area contributed by atoms with Crippen LogP contribution in [0.1, 0.15) is 25.7 Å². The van der Waals surface area contributed by atoms with Crippen LogP contribution in [0.15, 0.2) is 0 Å². The fourth-order valence-electron chi connectivity index (χ4n) is 1.36. The molecule has 10 heavy (non-hydrogen) atoms. The van der Waals surface area contributed by atoms with E-state index in [0.717, 1.165) is 12.2 Å². The van der Waals surface area contributed by atoms with Gasteiger partial charge in [-0.1, -0.05) is 6.92 Å². The minimum Gasteiger partial charge on any atom is -0.227 e. The zero-order valence-corrected chi connectivity index (χ0v) is 6.15. The molecule has 0 amide bonds. The second-order valence-corrected chi connectivity index (χ2v) is 2.96. The van der Waals surface area contributed by atoms with Gasteiger partial charge >= 0.3 is 0 Å². The van der Waals surface area contributed by atoms with Crippen LogP contribution in [0.3, 0.4) is 0 Å². The van der Waals surface area contributed by atoms with Crippen molar-refractivity contribution in [3.05, 3.63) is 5.82 Å². The zero-order chi connectivity index (χ0) is 7.14. The van der Waals surface area contributed by atoms with Crippen molar-refractivity contribution in [2.24, 2.45) is 5.92 Å². The fraction of sp³-hybridized carbons (Fsp3) is 0.833. The number of hydrogen-bond acceptors (Lipinski definition) is 3. The van der Waals surface area contributed by atoms with Gasteiger partial charge in [0.25, 0.3) is 0 Å². The number of tetrazole rings is 1. The van der Waals surface area contributed by atoms with Gasteiger partial charge in [0.1, 0.15) is 0 Å². The molecule has 4 heteroatoms. The van der Waals surface area contributed by atoms with Gasteiger partial charge in [-0.2, -0.15) is 0 Å². The predicted octanol–water partition coefficient (Wildman–Crippen LogP) is 0.426. The second-order valence-electron chi connectivity index (χ2n) is 2.96. The van der Waals surface area contributed by atoms with Crippen LogP contribution in [-0.2, 0) is 6.42 Å². The average Bonchev–Trinajstić information content (AvgIpc) is 2.41. The zero-order valence-electron chi connectivity index (χ0n) is 6.15. The minimum atomic E-state index is 0.477. The van der Waals surface area contributed by atoms with E-state index in [2.05, 4.69) is 29.4 Å². The molecule has 0 aromatic carbocycles. The molecule has 2 rings (SSSR count). The SMILES string of the molecule is C[C@@H]1[C@@H](C)Cc2nnnn21. The summed E-state index contributed by atoms with van der Waals surface area (Å²) in [6, 6.07) is 0.477. The van der Waals surface area contributed by atoms with E-state index in [4.69, 9.17) is 0 Å². The Bertz CT molecular complexity index is 242. The standard InChI is InChI=1S/C6H10N4/c1-4-3-6-7-8-9-10(6)5(4)2/h4-5H,3H2,1-2H3/t4-,5+/m0/s1. The lowest BCUT2D eigenvalue weighted by Crippen LogP contribution is -2.07. The first kappa shape index (κ1) is 5.82. The van der Waals surface area contributed by atoms with Gasteiger partial charge in [-0.05, 0) is 23.3 Å². The first-order valence-electron chi connectivity index (χ1n) is 3.56. The van der Waals surface area contributed by atoms with Gasteiger partial charge in [-0.3, -0.25) is 0 Å². The van der Waals surface area contributed by atoms with Gasteiger partial charge in [-0.25, -0.2) is 4.68 Å². The molecule has 0 aliphatic carbocycles. The second kappa shape index (κ2) is 1.78. The molecular weight excluding hydrogens is 128 g/mol. The molecule has 2 heterocycles. The van der Waals surface area contributed by atoms with Gasteiger partial charge in [0, 0.05) is 6.42 Å². The van der Waals surface area contributed by atoms with Crippen LogP contribution in [0.4, 0.5) is 0 Å². The molecule has 0 saturated heterocycles. The van der Waals surface area contributed by atoms with E-state index >= 15 is 0 Å². The summed E-state index contributed by atoms with van der Waals surface area (Å²) < 4.78 is 1.91. The summed E-state index contributed by atoms with van der Waals surface area (Å²) in [6.07, 6.45) is 1.02.